The minimum absolute atomic E-state index is 0.166. The number of methoxy groups -OCH3 is 1. The minimum atomic E-state index is -0.275. The third-order valence-electron chi connectivity index (χ3n) is 1.95. The summed E-state index contributed by atoms with van der Waals surface area (Å²) in [4.78, 5) is 14.1. The summed E-state index contributed by atoms with van der Waals surface area (Å²) in [5.41, 5.74) is -0.275. The normalized spacial score (nSPS) is 11.4. The number of ether oxygens (including phenoxy) is 1. The Morgan fingerprint density at radius 3 is 2.47 bits per heavy atom. The zero-order valence-corrected chi connectivity index (χ0v) is 11.5. The van der Waals surface area contributed by atoms with Crippen molar-refractivity contribution in [2.45, 2.75) is 19.4 Å². The van der Waals surface area contributed by atoms with E-state index < -0.39 is 0 Å². The van der Waals surface area contributed by atoms with Crippen LogP contribution < -0.4 is 10.2 Å². The van der Waals surface area contributed by atoms with Gasteiger partial charge in [0.15, 0.2) is 0 Å². The summed E-state index contributed by atoms with van der Waals surface area (Å²) in [6.07, 6.45) is 0. The highest BCUT2D eigenvalue weighted by Crippen LogP contribution is 2.15. The third-order valence-corrected chi connectivity index (χ3v) is 2.12. The molecule has 1 heterocycles. The van der Waals surface area contributed by atoms with Gasteiger partial charge in [-0.3, -0.25) is 0 Å². The Balaban J connectivity index is 2.91. The lowest BCUT2D eigenvalue weighted by Gasteiger charge is -2.25. The van der Waals surface area contributed by atoms with Crippen LogP contribution in [0.15, 0.2) is 0 Å². The Bertz CT molecular complexity index is 383. The number of nitrogens with zero attached hydrogens (tertiary/aromatic N) is 4. The van der Waals surface area contributed by atoms with Crippen LogP contribution >= 0.6 is 11.6 Å². The predicted octanol–water partition coefficient (Wildman–Crippen LogP) is 1.43. The fourth-order valence-corrected chi connectivity index (χ4v) is 1.45. The van der Waals surface area contributed by atoms with Crippen LogP contribution in [-0.2, 0) is 4.74 Å². The second-order valence-electron chi connectivity index (χ2n) is 4.56. The van der Waals surface area contributed by atoms with Crippen molar-refractivity contribution < 1.29 is 4.74 Å². The van der Waals surface area contributed by atoms with E-state index in [2.05, 4.69) is 20.3 Å². The van der Waals surface area contributed by atoms with Gasteiger partial charge in [0.25, 0.3) is 0 Å². The molecule has 0 spiro atoms. The number of rotatable bonds is 5. The molecule has 0 saturated heterocycles. The smallest absolute Gasteiger partial charge is 0.230 e. The van der Waals surface area contributed by atoms with Crippen molar-refractivity contribution in [3.05, 3.63) is 5.28 Å². The molecule has 1 aromatic heterocycles. The van der Waals surface area contributed by atoms with Crippen LogP contribution in [0.4, 0.5) is 11.9 Å². The zero-order valence-electron chi connectivity index (χ0n) is 10.8. The quantitative estimate of drug-likeness (QED) is 0.863. The second kappa shape index (κ2) is 5.46. The predicted molar refractivity (Wildman–Crippen MR) is 68.7 cm³/mol. The molecule has 7 heteroatoms. The van der Waals surface area contributed by atoms with Gasteiger partial charge < -0.3 is 15.0 Å². The first-order chi connectivity index (χ1) is 7.84. The Labute approximate surface area is 106 Å². The van der Waals surface area contributed by atoms with Crippen LogP contribution in [-0.4, -0.2) is 48.3 Å². The molecule has 1 aromatic rings. The number of aromatic nitrogens is 3. The number of hydrogen-bond donors (Lipinski definition) is 1. The van der Waals surface area contributed by atoms with E-state index in [1.165, 1.54) is 0 Å². The average Bonchev–Trinajstić information content (AvgIpc) is 2.15. The van der Waals surface area contributed by atoms with E-state index in [4.69, 9.17) is 16.3 Å². The van der Waals surface area contributed by atoms with Crippen molar-refractivity contribution >= 4 is 23.5 Å². The lowest BCUT2D eigenvalue weighted by atomic mass is 10.1. The van der Waals surface area contributed by atoms with E-state index in [9.17, 15) is 0 Å². The van der Waals surface area contributed by atoms with Gasteiger partial charge in [-0.1, -0.05) is 0 Å². The second-order valence-corrected chi connectivity index (χ2v) is 4.90. The Hall–Kier alpha value is -1.14. The molecule has 0 amide bonds. The number of halogens is 1. The topological polar surface area (TPSA) is 63.2 Å². The minimum Gasteiger partial charge on any atom is -0.382 e. The average molecular weight is 260 g/mol. The third kappa shape index (κ3) is 4.32. The molecule has 0 aromatic carbocycles. The molecule has 0 radical (unpaired) electrons. The Morgan fingerprint density at radius 2 is 1.94 bits per heavy atom. The maximum absolute atomic E-state index is 5.84. The van der Waals surface area contributed by atoms with Gasteiger partial charge in [-0.25, -0.2) is 0 Å². The molecule has 6 nitrogen and oxygen atoms in total. The summed E-state index contributed by atoms with van der Waals surface area (Å²) in [5, 5.41) is 3.32. The van der Waals surface area contributed by atoms with Crippen LogP contribution in [0.2, 0.25) is 5.28 Å². The first kappa shape index (κ1) is 13.9. The fourth-order valence-electron chi connectivity index (χ4n) is 1.30. The Morgan fingerprint density at radius 1 is 1.29 bits per heavy atom. The zero-order chi connectivity index (χ0) is 13.1. The van der Waals surface area contributed by atoms with E-state index >= 15 is 0 Å². The summed E-state index contributed by atoms with van der Waals surface area (Å²) < 4.78 is 5.11. The summed E-state index contributed by atoms with van der Waals surface area (Å²) in [5.74, 6) is 0.955. The standard InChI is InChI=1S/C10H18ClN5O/c1-10(2,6-17-5)15-8-12-7(11)13-9(14-8)16(3)4/h6H2,1-5H3,(H,12,13,14,15). The molecule has 0 unspecified atom stereocenters. The van der Waals surface area contributed by atoms with Gasteiger partial charge >= 0.3 is 0 Å². The molecule has 96 valence electrons. The van der Waals surface area contributed by atoms with Crippen molar-refractivity contribution in [3.8, 4) is 0 Å². The lowest BCUT2D eigenvalue weighted by molar-refractivity contribution is 0.158. The molecule has 0 saturated carbocycles. The van der Waals surface area contributed by atoms with Crippen LogP contribution in [0.25, 0.3) is 0 Å². The molecule has 0 aliphatic carbocycles. The summed E-state index contributed by atoms with van der Waals surface area (Å²) >= 11 is 5.84. The maximum atomic E-state index is 5.84. The van der Waals surface area contributed by atoms with Crippen LogP contribution in [0.5, 0.6) is 0 Å². The monoisotopic (exact) mass is 259 g/mol. The number of anilines is 2. The van der Waals surface area contributed by atoms with Crippen LogP contribution in [0.3, 0.4) is 0 Å². The highest BCUT2D eigenvalue weighted by molar-refractivity contribution is 6.28. The van der Waals surface area contributed by atoms with Crippen molar-refractivity contribution in [1.82, 2.24) is 15.0 Å². The Kier molecular flexibility index (Phi) is 4.47. The van der Waals surface area contributed by atoms with E-state index in [1.54, 1.807) is 12.0 Å². The van der Waals surface area contributed by atoms with Crippen LogP contribution in [0.1, 0.15) is 13.8 Å². The van der Waals surface area contributed by atoms with Gasteiger partial charge in [-0.15, -0.1) is 0 Å². The number of nitrogens with one attached hydrogen (secondary N) is 1. The molecule has 0 bridgehead atoms. The van der Waals surface area contributed by atoms with Crippen molar-refractivity contribution in [3.63, 3.8) is 0 Å². The van der Waals surface area contributed by atoms with Crippen LogP contribution in [0, 0.1) is 0 Å². The van der Waals surface area contributed by atoms with Gasteiger partial charge in [0.05, 0.1) is 12.1 Å². The van der Waals surface area contributed by atoms with Gasteiger partial charge in [-0.2, -0.15) is 15.0 Å². The van der Waals surface area contributed by atoms with Crippen molar-refractivity contribution in [2.24, 2.45) is 0 Å². The summed E-state index contributed by atoms with van der Waals surface area (Å²) in [6, 6.07) is 0. The van der Waals surface area contributed by atoms with Crippen molar-refractivity contribution in [1.29, 1.82) is 0 Å². The molecule has 0 atom stereocenters. The first-order valence-electron chi connectivity index (χ1n) is 5.20. The van der Waals surface area contributed by atoms with E-state index in [0.717, 1.165) is 0 Å². The molecular weight excluding hydrogens is 242 g/mol. The maximum Gasteiger partial charge on any atom is 0.230 e. The van der Waals surface area contributed by atoms with Crippen molar-refractivity contribution in [2.75, 3.05) is 38.0 Å². The molecule has 17 heavy (non-hydrogen) atoms. The van der Waals surface area contributed by atoms with Gasteiger partial charge in [0, 0.05) is 21.2 Å². The summed E-state index contributed by atoms with van der Waals surface area (Å²) in [6.45, 7) is 4.51. The highest BCUT2D eigenvalue weighted by atomic mass is 35.5. The van der Waals surface area contributed by atoms with Gasteiger partial charge in [0.1, 0.15) is 0 Å². The summed E-state index contributed by atoms with van der Waals surface area (Å²) in [7, 11) is 5.33. The number of hydrogen-bond acceptors (Lipinski definition) is 6. The van der Waals surface area contributed by atoms with E-state index in [0.29, 0.717) is 18.5 Å². The fraction of sp³-hybridized carbons (Fsp3) is 0.700. The first-order valence-corrected chi connectivity index (χ1v) is 5.58. The van der Waals surface area contributed by atoms with Gasteiger partial charge in [-0.05, 0) is 25.4 Å². The highest BCUT2D eigenvalue weighted by Gasteiger charge is 2.19. The molecule has 0 aliphatic rings. The van der Waals surface area contributed by atoms with E-state index in [1.807, 2.05) is 27.9 Å². The molecule has 1 N–H and O–H groups in total. The largest absolute Gasteiger partial charge is 0.382 e. The molecular formula is C10H18ClN5O. The van der Waals surface area contributed by atoms with Gasteiger partial charge in [0.2, 0.25) is 17.2 Å². The molecule has 0 fully saturated rings. The van der Waals surface area contributed by atoms with E-state index in [-0.39, 0.29) is 10.8 Å². The SMILES string of the molecule is COCC(C)(C)Nc1nc(Cl)nc(N(C)C)n1. The lowest BCUT2D eigenvalue weighted by Crippen LogP contribution is -2.36. The molecule has 1 rings (SSSR count). The molecule has 0 aliphatic heterocycles.